The first-order valence-electron chi connectivity index (χ1n) is 9.55. The summed E-state index contributed by atoms with van der Waals surface area (Å²) in [4.78, 5) is 0.271. The number of rotatable bonds is 5. The lowest BCUT2D eigenvalue weighted by Gasteiger charge is -2.38. The molecule has 0 aromatic heterocycles. The van der Waals surface area contributed by atoms with Gasteiger partial charge in [0.25, 0.3) is 0 Å². The molecule has 1 aliphatic heterocycles. The normalized spacial score (nSPS) is 25.1. The molecule has 1 N–H and O–H groups in total. The van der Waals surface area contributed by atoms with Gasteiger partial charge in [0, 0.05) is 6.04 Å². The highest BCUT2D eigenvalue weighted by molar-refractivity contribution is 7.89. The van der Waals surface area contributed by atoms with E-state index in [1.54, 1.807) is 19.2 Å². The number of hydrogen-bond acceptors (Lipinski definition) is 5. The van der Waals surface area contributed by atoms with E-state index >= 15 is 0 Å². The SMILES string of the molecule is COc1ccc(-c2ccc(S(=O)(=O)NC3CCC4OCCOC4C3)cc2)cc1. The summed E-state index contributed by atoms with van der Waals surface area (Å²) < 4.78 is 45.0. The lowest BCUT2D eigenvalue weighted by atomic mass is 9.90. The first-order chi connectivity index (χ1) is 13.5. The van der Waals surface area contributed by atoms with E-state index in [9.17, 15) is 8.42 Å². The Hall–Kier alpha value is -1.93. The molecule has 3 atom stereocenters. The molecule has 2 aromatic rings. The van der Waals surface area contributed by atoms with Crippen LogP contribution < -0.4 is 9.46 Å². The lowest BCUT2D eigenvalue weighted by Crippen LogP contribution is -2.49. The zero-order valence-corrected chi connectivity index (χ0v) is 16.7. The molecule has 0 radical (unpaired) electrons. The molecule has 1 aliphatic carbocycles. The predicted molar refractivity (Wildman–Crippen MR) is 106 cm³/mol. The third-order valence-corrected chi connectivity index (χ3v) is 6.92. The average Bonchev–Trinajstić information content (AvgIpc) is 2.73. The highest BCUT2D eigenvalue weighted by Gasteiger charge is 2.35. The number of benzene rings is 2. The second kappa shape index (κ2) is 8.21. The fourth-order valence-corrected chi connectivity index (χ4v) is 5.15. The van der Waals surface area contributed by atoms with E-state index in [1.165, 1.54) is 0 Å². The number of fused-ring (bicyclic) bond motifs is 1. The summed E-state index contributed by atoms with van der Waals surface area (Å²) in [5, 5.41) is 0. The topological polar surface area (TPSA) is 73.9 Å². The van der Waals surface area contributed by atoms with Crippen molar-refractivity contribution in [1.29, 1.82) is 0 Å². The smallest absolute Gasteiger partial charge is 0.240 e. The molecule has 2 aromatic carbocycles. The predicted octanol–water partition coefficient (Wildman–Crippen LogP) is 2.98. The average molecular weight is 404 g/mol. The molecule has 1 saturated carbocycles. The first-order valence-corrected chi connectivity index (χ1v) is 11.0. The highest BCUT2D eigenvalue weighted by Crippen LogP contribution is 2.28. The Balaban J connectivity index is 1.44. The molecule has 3 unspecified atom stereocenters. The molecule has 6 nitrogen and oxygen atoms in total. The Morgan fingerprint density at radius 3 is 2.14 bits per heavy atom. The summed E-state index contributed by atoms with van der Waals surface area (Å²) >= 11 is 0. The van der Waals surface area contributed by atoms with Crippen LogP contribution in [-0.2, 0) is 19.5 Å². The number of nitrogens with one attached hydrogen (secondary N) is 1. The zero-order chi connectivity index (χ0) is 19.6. The van der Waals surface area contributed by atoms with Gasteiger partial charge in [0.05, 0.1) is 37.4 Å². The van der Waals surface area contributed by atoms with Crippen LogP contribution in [0.15, 0.2) is 53.4 Å². The van der Waals surface area contributed by atoms with Crippen molar-refractivity contribution in [2.75, 3.05) is 20.3 Å². The van der Waals surface area contributed by atoms with Crippen LogP contribution in [0, 0.1) is 0 Å². The van der Waals surface area contributed by atoms with Crippen molar-refractivity contribution >= 4 is 10.0 Å². The maximum Gasteiger partial charge on any atom is 0.240 e. The molecule has 1 heterocycles. The first kappa shape index (κ1) is 19.4. The maximum atomic E-state index is 12.8. The highest BCUT2D eigenvalue weighted by atomic mass is 32.2. The molecular weight excluding hydrogens is 378 g/mol. The van der Waals surface area contributed by atoms with Gasteiger partial charge >= 0.3 is 0 Å². The summed E-state index contributed by atoms with van der Waals surface area (Å²) in [7, 11) is -1.95. The van der Waals surface area contributed by atoms with Crippen LogP contribution in [0.25, 0.3) is 11.1 Å². The van der Waals surface area contributed by atoms with Crippen LogP contribution in [-0.4, -0.2) is 47.0 Å². The van der Waals surface area contributed by atoms with Gasteiger partial charge in [0.1, 0.15) is 5.75 Å². The van der Waals surface area contributed by atoms with Crippen molar-refractivity contribution in [3.8, 4) is 16.9 Å². The summed E-state index contributed by atoms with van der Waals surface area (Å²) in [6.07, 6.45) is 2.29. The molecular formula is C21H25NO5S. The second-order valence-electron chi connectivity index (χ2n) is 7.20. The van der Waals surface area contributed by atoms with Crippen molar-refractivity contribution in [3.63, 3.8) is 0 Å². The molecule has 1 saturated heterocycles. The third kappa shape index (κ3) is 4.22. The molecule has 2 aliphatic rings. The number of sulfonamides is 1. The monoisotopic (exact) mass is 403 g/mol. The fourth-order valence-electron chi connectivity index (χ4n) is 3.87. The van der Waals surface area contributed by atoms with E-state index in [1.807, 2.05) is 36.4 Å². The van der Waals surface area contributed by atoms with Gasteiger partial charge in [-0.2, -0.15) is 0 Å². The van der Waals surface area contributed by atoms with Gasteiger partial charge in [-0.25, -0.2) is 13.1 Å². The van der Waals surface area contributed by atoms with Crippen molar-refractivity contribution < 1.29 is 22.6 Å². The molecule has 2 fully saturated rings. The summed E-state index contributed by atoms with van der Waals surface area (Å²) in [6.45, 7) is 1.20. The molecule has 28 heavy (non-hydrogen) atoms. The minimum atomic E-state index is -3.57. The van der Waals surface area contributed by atoms with E-state index < -0.39 is 10.0 Å². The van der Waals surface area contributed by atoms with Crippen LogP contribution in [0.4, 0.5) is 0 Å². The Morgan fingerprint density at radius 2 is 1.50 bits per heavy atom. The van der Waals surface area contributed by atoms with E-state index in [2.05, 4.69) is 4.72 Å². The standard InChI is InChI=1S/C21H25NO5S/c1-25-18-7-2-15(3-8-18)16-4-9-19(10-5-16)28(23,24)22-17-6-11-20-21(14-17)27-13-12-26-20/h2-5,7-10,17,20-22H,6,11-14H2,1H3. The number of hydrogen-bond donors (Lipinski definition) is 1. The van der Waals surface area contributed by atoms with Crippen molar-refractivity contribution in [2.24, 2.45) is 0 Å². The van der Waals surface area contributed by atoms with Crippen LogP contribution in [0.1, 0.15) is 19.3 Å². The van der Waals surface area contributed by atoms with E-state index in [-0.39, 0.29) is 23.1 Å². The van der Waals surface area contributed by atoms with Gasteiger partial charge in [0.2, 0.25) is 10.0 Å². The zero-order valence-electron chi connectivity index (χ0n) is 15.8. The molecule has 0 bridgehead atoms. The quantitative estimate of drug-likeness (QED) is 0.831. The minimum absolute atomic E-state index is 0.0207. The summed E-state index contributed by atoms with van der Waals surface area (Å²) in [5.74, 6) is 0.786. The second-order valence-corrected chi connectivity index (χ2v) is 8.92. The van der Waals surface area contributed by atoms with Gasteiger partial charge in [-0.1, -0.05) is 24.3 Å². The van der Waals surface area contributed by atoms with E-state index in [0.717, 1.165) is 29.7 Å². The van der Waals surface area contributed by atoms with Gasteiger partial charge in [-0.3, -0.25) is 0 Å². The largest absolute Gasteiger partial charge is 0.497 e. The summed E-state index contributed by atoms with van der Waals surface area (Å²) in [6, 6.07) is 14.5. The van der Waals surface area contributed by atoms with E-state index in [4.69, 9.17) is 14.2 Å². The number of ether oxygens (including phenoxy) is 3. The van der Waals surface area contributed by atoms with Crippen LogP contribution in [0.2, 0.25) is 0 Å². The molecule has 0 spiro atoms. The summed E-state index contributed by atoms with van der Waals surface area (Å²) in [5.41, 5.74) is 1.96. The van der Waals surface area contributed by atoms with E-state index in [0.29, 0.717) is 19.6 Å². The van der Waals surface area contributed by atoms with Crippen molar-refractivity contribution in [2.45, 2.75) is 42.4 Å². The molecule has 0 amide bonds. The Labute approximate surface area is 165 Å². The van der Waals surface area contributed by atoms with Gasteiger partial charge in [-0.05, 0) is 54.7 Å². The Bertz CT molecular complexity index is 895. The number of methoxy groups -OCH3 is 1. The van der Waals surface area contributed by atoms with Gasteiger partial charge < -0.3 is 14.2 Å². The Kier molecular flexibility index (Phi) is 5.68. The van der Waals surface area contributed by atoms with Crippen molar-refractivity contribution in [1.82, 2.24) is 4.72 Å². The molecule has 4 rings (SSSR count). The molecule has 150 valence electrons. The van der Waals surface area contributed by atoms with Crippen LogP contribution >= 0.6 is 0 Å². The van der Waals surface area contributed by atoms with Crippen LogP contribution in [0.3, 0.4) is 0 Å². The van der Waals surface area contributed by atoms with Gasteiger partial charge in [-0.15, -0.1) is 0 Å². The van der Waals surface area contributed by atoms with Gasteiger partial charge in [0.15, 0.2) is 0 Å². The van der Waals surface area contributed by atoms with Crippen LogP contribution in [0.5, 0.6) is 5.75 Å². The van der Waals surface area contributed by atoms with Crippen molar-refractivity contribution in [3.05, 3.63) is 48.5 Å². The maximum absolute atomic E-state index is 12.8. The lowest BCUT2D eigenvalue weighted by molar-refractivity contribution is -0.156. The fraction of sp³-hybridized carbons (Fsp3) is 0.429. The Morgan fingerprint density at radius 1 is 0.893 bits per heavy atom. The molecule has 7 heteroatoms. The minimum Gasteiger partial charge on any atom is -0.497 e. The third-order valence-electron chi connectivity index (χ3n) is 5.39.